The predicted octanol–water partition coefficient (Wildman–Crippen LogP) is 1.31. The second-order valence-electron chi connectivity index (χ2n) is 3.63. The zero-order valence-corrected chi connectivity index (χ0v) is 8.78. The molecule has 1 heterocycles. The molecule has 0 N–H and O–H groups in total. The summed E-state index contributed by atoms with van der Waals surface area (Å²) in [5.41, 5.74) is 2.36. The van der Waals surface area contributed by atoms with Gasteiger partial charge in [-0.3, -0.25) is 0 Å². The van der Waals surface area contributed by atoms with Crippen molar-refractivity contribution in [1.82, 2.24) is 9.80 Å². The van der Waals surface area contributed by atoms with E-state index in [0.29, 0.717) is 0 Å². The third kappa shape index (κ3) is 3.32. The molecule has 0 aromatic carbocycles. The van der Waals surface area contributed by atoms with Crippen LogP contribution in [-0.4, -0.2) is 43.8 Å². The van der Waals surface area contributed by atoms with Crippen LogP contribution in [0.15, 0.2) is 28.5 Å². The molecule has 0 spiro atoms. The number of likely N-dealkylation sites (N-methyl/N-ethyl adjacent to an activating group) is 1. The number of hydrogen-bond donors (Lipinski definition) is 0. The summed E-state index contributed by atoms with van der Waals surface area (Å²) >= 11 is 0. The van der Waals surface area contributed by atoms with E-state index >= 15 is 0 Å². The Morgan fingerprint density at radius 2 is 2.23 bits per heavy atom. The lowest BCUT2D eigenvalue weighted by Crippen LogP contribution is -2.18. The van der Waals surface area contributed by atoms with Crippen molar-refractivity contribution in [2.75, 3.05) is 27.7 Å². The standard InChI is InChI=1S/C10H17N3/c1-9-5-10(7-13(4)6-9)11-8-12(2)3/h5-6,8H,7H2,1-4H3. The van der Waals surface area contributed by atoms with Crippen molar-refractivity contribution in [3.8, 4) is 0 Å². The van der Waals surface area contributed by atoms with E-state index < -0.39 is 0 Å². The lowest BCUT2D eigenvalue weighted by Gasteiger charge is -2.19. The van der Waals surface area contributed by atoms with E-state index in [0.717, 1.165) is 12.2 Å². The SMILES string of the molecule is CC1=CN(C)CC(N=CN(C)C)=C1. The van der Waals surface area contributed by atoms with Gasteiger partial charge in [0.05, 0.1) is 18.6 Å². The minimum atomic E-state index is 0.891. The maximum atomic E-state index is 4.36. The average molecular weight is 179 g/mol. The predicted molar refractivity (Wildman–Crippen MR) is 56.6 cm³/mol. The molecule has 0 aliphatic carbocycles. The van der Waals surface area contributed by atoms with Gasteiger partial charge in [0.2, 0.25) is 0 Å². The molecule has 0 bridgehead atoms. The van der Waals surface area contributed by atoms with Crippen molar-refractivity contribution >= 4 is 6.34 Å². The molecule has 0 saturated heterocycles. The average Bonchev–Trinajstić information content (AvgIpc) is 1.99. The second-order valence-corrected chi connectivity index (χ2v) is 3.63. The molecule has 0 aromatic rings. The van der Waals surface area contributed by atoms with Crippen molar-refractivity contribution in [3.05, 3.63) is 23.5 Å². The van der Waals surface area contributed by atoms with Crippen LogP contribution in [0, 0.1) is 0 Å². The Morgan fingerprint density at radius 3 is 2.77 bits per heavy atom. The minimum Gasteiger partial charge on any atom is -0.374 e. The Hall–Kier alpha value is -1.25. The van der Waals surface area contributed by atoms with Crippen LogP contribution in [0.25, 0.3) is 0 Å². The number of aliphatic imine (C=N–C) groups is 1. The summed E-state index contributed by atoms with van der Waals surface area (Å²) < 4.78 is 0. The fourth-order valence-corrected chi connectivity index (χ4v) is 1.26. The van der Waals surface area contributed by atoms with Gasteiger partial charge in [0.15, 0.2) is 0 Å². The molecule has 1 aliphatic rings. The first-order valence-corrected chi connectivity index (χ1v) is 4.38. The van der Waals surface area contributed by atoms with E-state index in [2.05, 4.69) is 36.1 Å². The first-order chi connectivity index (χ1) is 6.08. The van der Waals surface area contributed by atoms with E-state index in [1.807, 2.05) is 25.3 Å². The first-order valence-electron chi connectivity index (χ1n) is 4.38. The van der Waals surface area contributed by atoms with E-state index in [-0.39, 0.29) is 0 Å². The molecule has 0 saturated carbocycles. The molecular weight excluding hydrogens is 162 g/mol. The van der Waals surface area contributed by atoms with Crippen LogP contribution < -0.4 is 0 Å². The van der Waals surface area contributed by atoms with Crippen LogP contribution >= 0.6 is 0 Å². The number of hydrogen-bond acceptors (Lipinski definition) is 2. The maximum absolute atomic E-state index is 4.36. The number of rotatable bonds is 2. The Morgan fingerprint density at radius 1 is 1.54 bits per heavy atom. The van der Waals surface area contributed by atoms with Gasteiger partial charge in [0, 0.05) is 27.3 Å². The van der Waals surface area contributed by atoms with Gasteiger partial charge in [-0.1, -0.05) is 0 Å². The monoisotopic (exact) mass is 179 g/mol. The second kappa shape index (κ2) is 4.12. The van der Waals surface area contributed by atoms with Crippen LogP contribution in [-0.2, 0) is 0 Å². The molecule has 3 heteroatoms. The summed E-state index contributed by atoms with van der Waals surface area (Å²) in [5, 5.41) is 0. The van der Waals surface area contributed by atoms with Gasteiger partial charge in [-0.2, -0.15) is 0 Å². The van der Waals surface area contributed by atoms with Gasteiger partial charge in [0.1, 0.15) is 0 Å². The zero-order chi connectivity index (χ0) is 9.84. The quantitative estimate of drug-likeness (QED) is 0.470. The van der Waals surface area contributed by atoms with Crippen LogP contribution in [0.2, 0.25) is 0 Å². The fraction of sp³-hybridized carbons (Fsp3) is 0.500. The third-order valence-corrected chi connectivity index (χ3v) is 1.68. The fourth-order valence-electron chi connectivity index (χ4n) is 1.26. The minimum absolute atomic E-state index is 0.891. The molecule has 1 rings (SSSR count). The zero-order valence-electron chi connectivity index (χ0n) is 8.78. The van der Waals surface area contributed by atoms with Crippen LogP contribution in [0.4, 0.5) is 0 Å². The van der Waals surface area contributed by atoms with Crippen LogP contribution in [0.5, 0.6) is 0 Å². The molecule has 0 radical (unpaired) electrons. The van der Waals surface area contributed by atoms with Gasteiger partial charge in [0.25, 0.3) is 0 Å². The Kier molecular flexibility index (Phi) is 3.12. The smallest absolute Gasteiger partial charge is 0.0903 e. The normalized spacial score (nSPS) is 17.4. The highest BCUT2D eigenvalue weighted by Gasteiger charge is 2.04. The summed E-state index contributed by atoms with van der Waals surface area (Å²) in [6.45, 7) is 2.97. The highest BCUT2D eigenvalue weighted by Crippen LogP contribution is 2.11. The largest absolute Gasteiger partial charge is 0.374 e. The lowest BCUT2D eigenvalue weighted by molar-refractivity contribution is 0.483. The number of nitrogens with zero attached hydrogens (tertiary/aromatic N) is 3. The summed E-state index contributed by atoms with van der Waals surface area (Å²) in [6, 6.07) is 0. The van der Waals surface area contributed by atoms with Crippen molar-refractivity contribution in [1.29, 1.82) is 0 Å². The van der Waals surface area contributed by atoms with Gasteiger partial charge >= 0.3 is 0 Å². The molecule has 0 unspecified atom stereocenters. The first kappa shape index (κ1) is 9.84. The van der Waals surface area contributed by atoms with Crippen LogP contribution in [0.1, 0.15) is 6.92 Å². The molecule has 0 amide bonds. The number of allylic oxidation sites excluding steroid dienone is 2. The van der Waals surface area contributed by atoms with Crippen molar-refractivity contribution in [2.24, 2.45) is 4.99 Å². The maximum Gasteiger partial charge on any atom is 0.0903 e. The molecule has 72 valence electrons. The van der Waals surface area contributed by atoms with Crippen molar-refractivity contribution < 1.29 is 0 Å². The van der Waals surface area contributed by atoms with Gasteiger partial charge in [-0.05, 0) is 18.6 Å². The molecule has 13 heavy (non-hydrogen) atoms. The summed E-state index contributed by atoms with van der Waals surface area (Å²) in [6.07, 6.45) is 6.06. The molecule has 1 aliphatic heterocycles. The third-order valence-electron chi connectivity index (χ3n) is 1.68. The van der Waals surface area contributed by atoms with Crippen molar-refractivity contribution in [3.63, 3.8) is 0 Å². The van der Waals surface area contributed by atoms with Gasteiger partial charge in [-0.15, -0.1) is 0 Å². The Balaban J connectivity index is 2.66. The Labute approximate surface area is 80.1 Å². The van der Waals surface area contributed by atoms with Gasteiger partial charge in [-0.25, -0.2) is 4.99 Å². The van der Waals surface area contributed by atoms with E-state index in [9.17, 15) is 0 Å². The van der Waals surface area contributed by atoms with Gasteiger partial charge < -0.3 is 9.80 Å². The van der Waals surface area contributed by atoms with E-state index in [1.54, 1.807) is 0 Å². The highest BCUT2D eigenvalue weighted by molar-refractivity contribution is 5.56. The van der Waals surface area contributed by atoms with E-state index in [4.69, 9.17) is 0 Å². The molecule has 0 fully saturated rings. The summed E-state index contributed by atoms with van der Waals surface area (Å²) in [4.78, 5) is 8.44. The molecule has 0 atom stereocenters. The van der Waals surface area contributed by atoms with Crippen LogP contribution in [0.3, 0.4) is 0 Å². The molecule has 3 nitrogen and oxygen atoms in total. The van der Waals surface area contributed by atoms with E-state index in [1.165, 1.54) is 5.57 Å². The Bertz CT molecular complexity index is 261. The summed E-state index contributed by atoms with van der Waals surface area (Å²) in [5.74, 6) is 0. The topological polar surface area (TPSA) is 18.8 Å². The highest BCUT2D eigenvalue weighted by atomic mass is 15.1. The molecular formula is C10H17N3. The lowest BCUT2D eigenvalue weighted by atomic mass is 10.2. The molecule has 0 aromatic heterocycles. The summed E-state index contributed by atoms with van der Waals surface area (Å²) in [7, 11) is 6.00. The van der Waals surface area contributed by atoms with Crippen molar-refractivity contribution in [2.45, 2.75) is 6.92 Å².